The zero-order valence-corrected chi connectivity index (χ0v) is 53.5. The highest BCUT2D eigenvalue weighted by Crippen LogP contribution is 2.65. The second-order valence-corrected chi connectivity index (χ2v) is 37.9. The minimum Gasteiger partial charge on any atom is -0.775 e. The van der Waals surface area contributed by atoms with Gasteiger partial charge in [0.2, 0.25) is 0 Å². The van der Waals surface area contributed by atoms with Crippen molar-refractivity contribution in [1.29, 1.82) is 0 Å². The summed E-state index contributed by atoms with van der Waals surface area (Å²) in [5.41, 5.74) is 0. The molecule has 4 atom stereocenters. The normalized spacial score (nSPS) is 32.2. The molecular weight excluding hydrogens is 1150 g/mol. The highest BCUT2D eigenvalue weighted by atomic mass is 31.3. The Morgan fingerprint density at radius 2 is 0.475 bits per heavy atom. The van der Waals surface area contributed by atoms with Crippen LogP contribution in [0.5, 0.6) is 0 Å². The Labute approximate surface area is 479 Å². The van der Waals surface area contributed by atoms with E-state index in [9.17, 15) is 18.9 Å². The molecule has 2 unspecified atom stereocenters. The molecule has 0 spiro atoms. The first-order valence-corrected chi connectivity index (χ1v) is 40.2. The van der Waals surface area contributed by atoms with E-state index in [1.54, 1.807) is 0 Å². The number of rotatable bonds is 14. The van der Waals surface area contributed by atoms with Crippen LogP contribution in [0.15, 0.2) is 9.03 Å². The van der Waals surface area contributed by atoms with Crippen molar-refractivity contribution in [1.82, 2.24) is 50.0 Å². The fourth-order valence-corrected chi connectivity index (χ4v) is 36.5. The van der Waals surface area contributed by atoms with Crippen LogP contribution in [0.2, 0.25) is 0 Å². The van der Waals surface area contributed by atoms with E-state index in [2.05, 4.69) is 59.4 Å². The minimum absolute atomic E-state index is 0. The van der Waals surface area contributed by atoms with Crippen molar-refractivity contribution in [2.75, 3.05) is 0 Å². The van der Waals surface area contributed by atoms with Crippen LogP contribution in [0, 0.1) is 0 Å². The highest BCUT2D eigenvalue weighted by molar-refractivity contribution is 7.85. The molecule has 0 amide bonds. The predicted octanol–water partition coefficient (Wildman–Crippen LogP) is 2.84. The Kier molecular flexibility index (Phi) is 36.8. The second-order valence-electron chi connectivity index (χ2n) is 23.9. The average Bonchev–Trinajstić information content (AvgIpc) is 3.35. The van der Waals surface area contributed by atoms with Crippen LogP contribution in [-0.4, -0.2) is 92.1 Å². The van der Waals surface area contributed by atoms with Gasteiger partial charge in [0.05, 0.1) is 0 Å². The fourth-order valence-electron chi connectivity index (χ4n) is 13.8. The molecule has 8 fully saturated rings. The van der Waals surface area contributed by atoms with E-state index < -0.39 is 45.4 Å². The lowest BCUT2D eigenvalue weighted by Gasteiger charge is -2.45. The Morgan fingerprint density at radius 3 is 0.688 bits per heavy atom. The minimum atomic E-state index is -4.10. The van der Waals surface area contributed by atoms with Gasteiger partial charge in [0.1, 0.15) is 12.1 Å². The summed E-state index contributed by atoms with van der Waals surface area (Å²) in [6.07, 6.45) is 47.0. The average molecular weight is 1270 g/mol. The summed E-state index contributed by atoms with van der Waals surface area (Å²) in [5, 5.41) is 23.2. The summed E-state index contributed by atoms with van der Waals surface area (Å²) in [4.78, 5) is 39.7. The van der Waals surface area contributed by atoms with Gasteiger partial charge in [-0.15, -0.1) is 0 Å². The molecule has 10 aliphatic rings. The molecule has 8 aliphatic carbocycles. The molecule has 2 heterocycles. The number of nitrogens with zero attached hydrogens (tertiary/aromatic N) is 2. The summed E-state index contributed by atoms with van der Waals surface area (Å²) in [5.74, 6) is 0. The van der Waals surface area contributed by atoms with Crippen molar-refractivity contribution in [2.45, 2.75) is 305 Å². The van der Waals surface area contributed by atoms with Crippen LogP contribution in [0.4, 0.5) is 0 Å². The van der Waals surface area contributed by atoms with Crippen LogP contribution in [0.1, 0.15) is 257 Å². The molecule has 80 heavy (non-hydrogen) atoms. The first-order valence-electron chi connectivity index (χ1n) is 29.9. The van der Waals surface area contributed by atoms with Crippen molar-refractivity contribution in [3.8, 4) is 0 Å². The molecule has 0 aromatic heterocycles. The van der Waals surface area contributed by atoms with Gasteiger partial charge in [-0.2, -0.15) is 18.7 Å². The van der Waals surface area contributed by atoms with E-state index in [0.717, 1.165) is 103 Å². The predicted molar refractivity (Wildman–Crippen MR) is 325 cm³/mol. The van der Waals surface area contributed by atoms with E-state index in [4.69, 9.17) is 9.03 Å². The van der Waals surface area contributed by atoms with Gasteiger partial charge in [0, 0.05) is 61.9 Å². The number of hydrogen-bond donors (Lipinski definition) is 12. The van der Waals surface area contributed by atoms with Gasteiger partial charge < -0.3 is 62.7 Å². The van der Waals surface area contributed by atoms with Crippen molar-refractivity contribution in [3.63, 3.8) is 0 Å². The van der Waals surface area contributed by atoms with Gasteiger partial charge in [0.25, 0.3) is 0 Å². The van der Waals surface area contributed by atoms with Crippen molar-refractivity contribution in [2.24, 2.45) is 9.03 Å². The maximum absolute atomic E-state index is 13.7. The molecule has 0 aromatic carbocycles. The highest BCUT2D eigenvalue weighted by Gasteiger charge is 2.47. The number of nitrogens with one attached hydrogen (secondary N) is 12. The molecule has 26 nitrogen and oxygen atoms in total. The zero-order valence-electron chi connectivity index (χ0n) is 48.1. The van der Waals surface area contributed by atoms with Crippen LogP contribution >= 0.6 is 45.4 Å². The van der Waals surface area contributed by atoms with E-state index in [1.165, 1.54) is 154 Å². The molecule has 10 rings (SSSR count). The molecule has 28 N–H and O–H groups in total. The lowest BCUT2D eigenvalue weighted by atomic mass is 9.96. The standard InChI is InChI=1S/2C24H50N7O2P3.8H2O/c2*32-36(33)30-34(25-21-13-5-1-6-14-21,26-22-15-7-2-8-16-22)29-35(31-36,27-23-17-9-3-10-18-23)28-24-19-11-4-12-20-24;;;;;;;;/h2*21-26H,1-20H2,(H4,27,28,30,31,32,33);8*1H2. The Hall–Kier alpha value is 0.580. The summed E-state index contributed by atoms with van der Waals surface area (Å²) in [6, 6.07) is 2.47. The lowest BCUT2D eigenvalue weighted by Crippen LogP contribution is -2.78. The maximum Gasteiger partial charge on any atom is 0.358 e. The molecule has 0 aromatic rings. The van der Waals surface area contributed by atoms with Crippen molar-refractivity contribution in [3.05, 3.63) is 0 Å². The molecule has 8 saturated carbocycles. The maximum atomic E-state index is 13.7. The van der Waals surface area contributed by atoms with Gasteiger partial charge in [-0.3, -0.25) is 20.3 Å². The summed E-state index contributed by atoms with van der Waals surface area (Å²) >= 11 is 0. The van der Waals surface area contributed by atoms with Gasteiger partial charge in [0.15, 0.2) is 30.4 Å². The van der Waals surface area contributed by atoms with E-state index in [-0.39, 0.29) is 43.8 Å². The van der Waals surface area contributed by atoms with Gasteiger partial charge in [-0.25, -0.2) is 29.4 Å². The molecule has 32 heteroatoms. The summed E-state index contributed by atoms with van der Waals surface area (Å²) in [7, 11) is -19.2. The van der Waals surface area contributed by atoms with Crippen LogP contribution in [0.3, 0.4) is 0 Å². The van der Waals surface area contributed by atoms with E-state index in [0.29, 0.717) is 48.3 Å². The van der Waals surface area contributed by atoms with Gasteiger partial charge >= 0.3 is 15.0 Å². The van der Waals surface area contributed by atoms with Crippen LogP contribution in [0.25, 0.3) is 0 Å². The lowest BCUT2D eigenvalue weighted by molar-refractivity contribution is -0.490. The molecule has 480 valence electrons. The third kappa shape index (κ3) is 23.9. The Morgan fingerprint density at radius 1 is 0.287 bits per heavy atom. The van der Waals surface area contributed by atoms with Crippen molar-refractivity contribution < 1.29 is 72.2 Å². The first-order chi connectivity index (χ1) is 34.9. The van der Waals surface area contributed by atoms with E-state index in [1.807, 2.05) is 0 Å². The van der Waals surface area contributed by atoms with Crippen molar-refractivity contribution >= 4 is 45.4 Å². The third-order valence-corrected chi connectivity index (χ3v) is 36.5. The summed E-state index contributed by atoms with van der Waals surface area (Å²) in [6.45, 7) is 0. The topological polar surface area (TPSA) is 505 Å². The second kappa shape index (κ2) is 37.4. The molecule has 0 saturated heterocycles. The molecular formula is C48H116N14O12P6. The molecule has 0 radical (unpaired) electrons. The van der Waals surface area contributed by atoms with Gasteiger partial charge in [-0.05, 0) is 103 Å². The van der Waals surface area contributed by atoms with E-state index >= 15 is 0 Å². The van der Waals surface area contributed by atoms with Crippen LogP contribution in [-0.2, 0) is 9.13 Å². The monoisotopic (exact) mass is 1270 g/mol. The molecule has 0 bridgehead atoms. The van der Waals surface area contributed by atoms with Crippen LogP contribution < -0.4 is 69.2 Å². The summed E-state index contributed by atoms with van der Waals surface area (Å²) < 4.78 is 46.3. The number of hydrogen-bond acceptors (Lipinski definition) is 8. The largest absolute Gasteiger partial charge is 0.775 e. The zero-order chi connectivity index (χ0) is 49.8. The SMILES string of the molecule is O.O.O.O.O.O.O.O.O=P1([O-])NP(NC2CCCCC2)(NC2CCCCC2)=N[P@](NC2CCCCC2)(=[NH+]C2CCCCC2)N1.O=P1([O-])NP(NC2CCCCC2)(NC2CCCCC2)=N[P@](NC2CCCCC2)(=[NH+]C2CCCCC2)N1. The van der Waals surface area contributed by atoms with Gasteiger partial charge in [-0.1, -0.05) is 128 Å². The molecule has 2 aliphatic heterocycles. The first kappa shape index (κ1) is 78.6. The fraction of sp³-hybridized carbons (Fsp3) is 1.00. The quantitative estimate of drug-likeness (QED) is 0.111. The smallest absolute Gasteiger partial charge is 0.358 e. The third-order valence-electron chi connectivity index (χ3n) is 17.4. The Balaban J connectivity index is 0.000000727. The Bertz CT molecular complexity index is 1870.